The molecule has 5 heteroatoms. The molecule has 3 aromatic rings. The van der Waals surface area contributed by atoms with Crippen LogP contribution in [0, 0.1) is 6.92 Å². The van der Waals surface area contributed by atoms with E-state index in [0.717, 1.165) is 16.8 Å². The number of aromatic amines is 1. The largest absolute Gasteiger partial charge is 0.322 e. The summed E-state index contributed by atoms with van der Waals surface area (Å²) in [6, 6.07) is 13.4. The Bertz CT molecular complexity index is 1110. The third-order valence-corrected chi connectivity index (χ3v) is 4.74. The Kier molecular flexibility index (Phi) is 5.45. The zero-order valence-electron chi connectivity index (χ0n) is 16.7. The van der Waals surface area contributed by atoms with E-state index < -0.39 is 0 Å². The molecule has 0 atom stereocenters. The lowest BCUT2D eigenvalue weighted by atomic mass is 9.86. The van der Waals surface area contributed by atoms with E-state index in [4.69, 9.17) is 0 Å². The molecular formula is C23H25N3O2. The van der Waals surface area contributed by atoms with Crippen molar-refractivity contribution in [2.45, 2.75) is 39.7 Å². The normalized spacial score (nSPS) is 12.2. The number of aromatic nitrogens is 3. The third-order valence-electron chi connectivity index (χ3n) is 4.74. The summed E-state index contributed by atoms with van der Waals surface area (Å²) in [5.74, 6) is 0. The van der Waals surface area contributed by atoms with Gasteiger partial charge in [0.05, 0.1) is 6.33 Å². The van der Waals surface area contributed by atoms with E-state index in [1.165, 1.54) is 28.7 Å². The van der Waals surface area contributed by atoms with Gasteiger partial charge in [-0.2, -0.15) is 0 Å². The highest BCUT2D eigenvalue weighted by Gasteiger charge is 2.14. The van der Waals surface area contributed by atoms with Crippen molar-refractivity contribution in [3.63, 3.8) is 0 Å². The summed E-state index contributed by atoms with van der Waals surface area (Å²) < 4.78 is 1.52. The monoisotopic (exact) mass is 375 g/mol. The number of hydrogen-bond donors (Lipinski definition) is 1. The minimum atomic E-state index is -0.119. The number of aryl methyl sites for hydroxylation is 1. The van der Waals surface area contributed by atoms with E-state index in [0.29, 0.717) is 12.1 Å². The van der Waals surface area contributed by atoms with E-state index in [-0.39, 0.29) is 16.5 Å². The SMILES string of the molecule is Cc1ccc(/C(=C/Cn2cnccc2=O)c2ccc(C(C)(C)C)cc2)[nH]c1=O. The Balaban J connectivity index is 2.07. The molecule has 5 nitrogen and oxygen atoms in total. The number of benzene rings is 1. The molecule has 1 N–H and O–H groups in total. The second-order valence-electron chi connectivity index (χ2n) is 7.90. The van der Waals surface area contributed by atoms with E-state index in [1.807, 2.05) is 18.2 Å². The van der Waals surface area contributed by atoms with Crippen molar-refractivity contribution in [2.75, 3.05) is 0 Å². The number of nitrogens with one attached hydrogen (secondary N) is 1. The predicted molar refractivity (Wildman–Crippen MR) is 113 cm³/mol. The van der Waals surface area contributed by atoms with Crippen LogP contribution in [0.5, 0.6) is 0 Å². The maximum Gasteiger partial charge on any atom is 0.253 e. The van der Waals surface area contributed by atoms with Crippen LogP contribution in [0.2, 0.25) is 0 Å². The summed E-state index contributed by atoms with van der Waals surface area (Å²) in [6.07, 6.45) is 4.93. The van der Waals surface area contributed by atoms with Crippen molar-refractivity contribution in [1.29, 1.82) is 0 Å². The summed E-state index contributed by atoms with van der Waals surface area (Å²) in [5.41, 5.74) is 4.28. The lowest BCUT2D eigenvalue weighted by Crippen LogP contribution is -2.18. The molecule has 0 unspecified atom stereocenters. The average Bonchev–Trinajstić information content (AvgIpc) is 2.66. The Morgan fingerprint density at radius 3 is 2.39 bits per heavy atom. The Hall–Kier alpha value is -3.21. The highest BCUT2D eigenvalue weighted by atomic mass is 16.1. The van der Waals surface area contributed by atoms with Gasteiger partial charge in [0, 0.05) is 35.6 Å². The van der Waals surface area contributed by atoms with Crippen LogP contribution < -0.4 is 11.1 Å². The maximum atomic E-state index is 12.1. The first kappa shape index (κ1) is 19.5. The van der Waals surface area contributed by atoms with Crippen molar-refractivity contribution < 1.29 is 0 Å². The van der Waals surface area contributed by atoms with Gasteiger partial charge >= 0.3 is 0 Å². The minimum absolute atomic E-state index is 0.0591. The fraction of sp³-hybridized carbons (Fsp3) is 0.261. The summed E-state index contributed by atoms with van der Waals surface area (Å²) in [6.45, 7) is 8.65. The van der Waals surface area contributed by atoms with Gasteiger partial charge in [-0.25, -0.2) is 4.98 Å². The Morgan fingerprint density at radius 2 is 1.79 bits per heavy atom. The van der Waals surface area contributed by atoms with E-state index >= 15 is 0 Å². The van der Waals surface area contributed by atoms with Crippen molar-refractivity contribution in [1.82, 2.24) is 14.5 Å². The van der Waals surface area contributed by atoms with E-state index in [2.05, 4.69) is 55.0 Å². The number of H-pyrrole nitrogens is 1. The van der Waals surface area contributed by atoms with Crippen LogP contribution in [0.1, 0.15) is 43.2 Å². The molecule has 28 heavy (non-hydrogen) atoms. The smallest absolute Gasteiger partial charge is 0.253 e. The van der Waals surface area contributed by atoms with Gasteiger partial charge in [-0.1, -0.05) is 57.2 Å². The topological polar surface area (TPSA) is 67.8 Å². The molecule has 0 saturated heterocycles. The highest BCUT2D eigenvalue weighted by molar-refractivity contribution is 5.78. The molecule has 0 bridgehead atoms. The summed E-state index contributed by atoms with van der Waals surface area (Å²) in [4.78, 5) is 31.1. The van der Waals surface area contributed by atoms with Crippen LogP contribution in [0.15, 0.2) is 70.7 Å². The van der Waals surface area contributed by atoms with Gasteiger partial charge in [0.25, 0.3) is 11.1 Å². The van der Waals surface area contributed by atoms with Crippen molar-refractivity contribution >= 4 is 5.57 Å². The lowest BCUT2D eigenvalue weighted by Gasteiger charge is -2.19. The van der Waals surface area contributed by atoms with Gasteiger partial charge in [-0.05, 0) is 29.5 Å². The molecular weight excluding hydrogens is 350 g/mol. The highest BCUT2D eigenvalue weighted by Crippen LogP contribution is 2.26. The fourth-order valence-corrected chi connectivity index (χ4v) is 2.94. The number of pyridine rings is 1. The third kappa shape index (κ3) is 4.36. The predicted octanol–water partition coefficient (Wildman–Crippen LogP) is 3.67. The van der Waals surface area contributed by atoms with E-state index in [1.54, 1.807) is 6.92 Å². The maximum absolute atomic E-state index is 12.1. The molecule has 0 aliphatic heterocycles. The molecule has 144 valence electrons. The Morgan fingerprint density at radius 1 is 1.07 bits per heavy atom. The molecule has 0 amide bonds. The number of allylic oxidation sites excluding steroid dienone is 1. The quantitative estimate of drug-likeness (QED) is 0.756. The standard InChI is InChI=1S/C23H25N3O2/c1-16-5-10-20(25-22(16)28)19(12-14-26-15-24-13-11-21(26)27)17-6-8-18(9-7-17)23(2,3)4/h5-13,15H,14H2,1-4H3,(H,25,28)/b19-12+. The van der Waals surface area contributed by atoms with Crippen LogP contribution >= 0.6 is 0 Å². The molecule has 0 spiro atoms. The van der Waals surface area contributed by atoms with Crippen molar-refractivity contribution in [2.24, 2.45) is 0 Å². The van der Waals surface area contributed by atoms with Crippen LogP contribution in [0.3, 0.4) is 0 Å². The molecule has 0 aliphatic rings. The van der Waals surface area contributed by atoms with Crippen molar-refractivity contribution in [3.8, 4) is 0 Å². The van der Waals surface area contributed by atoms with Crippen LogP contribution in [0.25, 0.3) is 5.57 Å². The molecule has 3 rings (SSSR count). The number of nitrogens with zero attached hydrogens (tertiary/aromatic N) is 2. The second-order valence-corrected chi connectivity index (χ2v) is 7.90. The molecule has 0 aliphatic carbocycles. The summed E-state index contributed by atoms with van der Waals surface area (Å²) in [5, 5.41) is 0. The molecule has 2 heterocycles. The van der Waals surface area contributed by atoms with Gasteiger partial charge in [0.2, 0.25) is 0 Å². The van der Waals surface area contributed by atoms with Gasteiger partial charge in [-0.15, -0.1) is 0 Å². The zero-order chi connectivity index (χ0) is 20.3. The van der Waals surface area contributed by atoms with Crippen LogP contribution in [0.4, 0.5) is 0 Å². The van der Waals surface area contributed by atoms with E-state index in [9.17, 15) is 9.59 Å². The second kappa shape index (κ2) is 7.80. The van der Waals surface area contributed by atoms with Gasteiger partial charge < -0.3 is 4.98 Å². The Labute approximate surface area is 164 Å². The van der Waals surface area contributed by atoms with Crippen molar-refractivity contribution in [3.05, 3.63) is 104 Å². The number of rotatable bonds is 4. The first-order chi connectivity index (χ1) is 13.3. The number of hydrogen-bond acceptors (Lipinski definition) is 3. The molecule has 0 fully saturated rings. The van der Waals surface area contributed by atoms with Crippen LogP contribution in [-0.4, -0.2) is 14.5 Å². The van der Waals surface area contributed by atoms with Gasteiger partial charge in [0.1, 0.15) is 0 Å². The molecule has 0 saturated carbocycles. The molecule has 1 aromatic carbocycles. The molecule has 0 radical (unpaired) electrons. The summed E-state index contributed by atoms with van der Waals surface area (Å²) in [7, 11) is 0. The average molecular weight is 375 g/mol. The minimum Gasteiger partial charge on any atom is -0.322 e. The lowest BCUT2D eigenvalue weighted by molar-refractivity contribution is 0.590. The van der Waals surface area contributed by atoms with Gasteiger partial charge in [0.15, 0.2) is 0 Å². The first-order valence-electron chi connectivity index (χ1n) is 9.27. The first-order valence-corrected chi connectivity index (χ1v) is 9.27. The van der Waals surface area contributed by atoms with Crippen LogP contribution in [-0.2, 0) is 12.0 Å². The summed E-state index contributed by atoms with van der Waals surface area (Å²) >= 11 is 0. The fourth-order valence-electron chi connectivity index (χ4n) is 2.94. The molecule has 2 aromatic heterocycles. The zero-order valence-corrected chi connectivity index (χ0v) is 16.7. The van der Waals surface area contributed by atoms with Gasteiger partial charge in [-0.3, -0.25) is 14.2 Å².